The number of rotatable bonds is 10. The lowest BCUT2D eigenvalue weighted by atomic mass is 10.2. The van der Waals surface area contributed by atoms with E-state index in [2.05, 4.69) is 4.72 Å². The van der Waals surface area contributed by atoms with Crippen LogP contribution in [0.4, 0.5) is 0 Å². The topological polar surface area (TPSA) is 47.6 Å². The first-order valence-corrected chi connectivity index (χ1v) is 7.92. The Morgan fingerprint density at radius 1 is 1.40 bits per heavy atom. The minimum absolute atomic E-state index is 0.273. The van der Waals surface area contributed by atoms with Gasteiger partial charge in [-0.15, -0.1) is 11.6 Å². The quantitative estimate of drug-likeness (QED) is 0.311. The number of methoxy groups -OCH3 is 1. The summed E-state index contributed by atoms with van der Waals surface area (Å²) in [6.07, 6.45) is 0.887. The average molecular weight is 318 g/mol. The van der Waals surface area contributed by atoms with Gasteiger partial charge in [-0.2, -0.15) is 0 Å². The van der Waals surface area contributed by atoms with Gasteiger partial charge in [-0.1, -0.05) is 42.3 Å². The van der Waals surface area contributed by atoms with Crippen LogP contribution in [0.25, 0.3) is 0 Å². The number of hydrogen-bond acceptors (Lipinski definition) is 5. The van der Waals surface area contributed by atoms with Crippen LogP contribution in [0.5, 0.6) is 0 Å². The van der Waals surface area contributed by atoms with Gasteiger partial charge in [-0.3, -0.25) is 4.79 Å². The van der Waals surface area contributed by atoms with E-state index in [4.69, 9.17) is 21.1 Å². The van der Waals surface area contributed by atoms with Crippen LogP contribution in [-0.4, -0.2) is 37.4 Å². The number of benzene rings is 1. The average Bonchev–Trinajstić information content (AvgIpc) is 2.50. The van der Waals surface area contributed by atoms with Gasteiger partial charge in [-0.25, -0.2) is 4.72 Å². The smallest absolute Gasteiger partial charge is 0.326 e. The molecule has 0 amide bonds. The summed E-state index contributed by atoms with van der Waals surface area (Å²) in [5.74, 6) is 1.13. The van der Waals surface area contributed by atoms with Crippen LogP contribution >= 0.6 is 23.5 Å². The van der Waals surface area contributed by atoms with Crippen LogP contribution < -0.4 is 4.72 Å². The Kier molecular flexibility index (Phi) is 9.49. The van der Waals surface area contributed by atoms with E-state index in [-0.39, 0.29) is 12.6 Å². The molecule has 112 valence electrons. The molecule has 1 aromatic carbocycles. The van der Waals surface area contributed by atoms with E-state index in [1.807, 2.05) is 30.3 Å². The van der Waals surface area contributed by atoms with Gasteiger partial charge in [0.2, 0.25) is 0 Å². The van der Waals surface area contributed by atoms with Crippen LogP contribution in [0.1, 0.15) is 12.0 Å². The van der Waals surface area contributed by atoms with E-state index in [1.54, 1.807) is 0 Å². The molecule has 0 heterocycles. The lowest BCUT2D eigenvalue weighted by Gasteiger charge is -2.16. The van der Waals surface area contributed by atoms with Crippen molar-refractivity contribution in [2.45, 2.75) is 19.1 Å². The molecule has 0 aliphatic carbocycles. The second kappa shape index (κ2) is 11.0. The lowest BCUT2D eigenvalue weighted by Crippen LogP contribution is -2.38. The molecule has 20 heavy (non-hydrogen) atoms. The van der Waals surface area contributed by atoms with Crippen molar-refractivity contribution in [1.82, 2.24) is 4.72 Å². The zero-order valence-electron chi connectivity index (χ0n) is 11.5. The summed E-state index contributed by atoms with van der Waals surface area (Å²) in [5, 5.41) is 0. The Morgan fingerprint density at radius 2 is 2.15 bits per heavy atom. The van der Waals surface area contributed by atoms with Gasteiger partial charge in [0, 0.05) is 11.6 Å². The van der Waals surface area contributed by atoms with E-state index in [0.717, 1.165) is 17.7 Å². The van der Waals surface area contributed by atoms with Crippen molar-refractivity contribution in [1.29, 1.82) is 0 Å². The molecule has 6 heteroatoms. The van der Waals surface area contributed by atoms with Crippen LogP contribution in [-0.2, 0) is 20.9 Å². The van der Waals surface area contributed by atoms with Crippen LogP contribution in [0.3, 0.4) is 0 Å². The molecule has 0 bridgehead atoms. The predicted molar refractivity (Wildman–Crippen MR) is 82.8 cm³/mol. The molecule has 1 unspecified atom stereocenters. The largest absolute Gasteiger partial charge is 0.468 e. The monoisotopic (exact) mass is 317 g/mol. The summed E-state index contributed by atoms with van der Waals surface area (Å²) < 4.78 is 13.4. The number of esters is 1. The van der Waals surface area contributed by atoms with Gasteiger partial charge in [0.15, 0.2) is 0 Å². The maximum absolute atomic E-state index is 11.6. The minimum atomic E-state index is -0.468. The second-order valence-corrected chi connectivity index (χ2v) is 5.40. The summed E-state index contributed by atoms with van der Waals surface area (Å²) >= 11 is 7.06. The van der Waals surface area contributed by atoms with E-state index in [0.29, 0.717) is 12.5 Å². The van der Waals surface area contributed by atoms with Crippen molar-refractivity contribution >= 4 is 29.5 Å². The van der Waals surface area contributed by atoms with Crippen molar-refractivity contribution in [3.63, 3.8) is 0 Å². The molecule has 0 aliphatic heterocycles. The normalized spacial score (nSPS) is 12.1. The fraction of sp³-hybridized carbons (Fsp3) is 0.500. The van der Waals surface area contributed by atoms with Crippen molar-refractivity contribution in [2.75, 3.05) is 25.3 Å². The first-order chi connectivity index (χ1) is 9.77. The number of ether oxygens (including phenoxy) is 2. The number of carbonyl (C=O) groups is 1. The molecule has 4 nitrogen and oxygen atoms in total. The summed E-state index contributed by atoms with van der Waals surface area (Å²) in [4.78, 5) is 11.6. The van der Waals surface area contributed by atoms with Gasteiger partial charge in [0.25, 0.3) is 0 Å². The second-order valence-electron chi connectivity index (χ2n) is 4.09. The van der Waals surface area contributed by atoms with Crippen molar-refractivity contribution in [3.8, 4) is 0 Å². The summed E-state index contributed by atoms with van der Waals surface area (Å²) in [7, 11) is 1.37. The van der Waals surface area contributed by atoms with Crippen LogP contribution in [0, 0.1) is 0 Å². The third-order valence-corrected chi connectivity index (χ3v) is 3.70. The third-order valence-electron chi connectivity index (χ3n) is 2.49. The predicted octanol–water partition coefficient (Wildman–Crippen LogP) is 2.61. The van der Waals surface area contributed by atoms with Crippen LogP contribution in [0.2, 0.25) is 0 Å². The van der Waals surface area contributed by atoms with Crippen LogP contribution in [0.15, 0.2) is 30.3 Å². The van der Waals surface area contributed by atoms with Crippen molar-refractivity contribution in [3.05, 3.63) is 35.9 Å². The molecule has 1 rings (SSSR count). The Morgan fingerprint density at radius 3 is 2.80 bits per heavy atom. The Bertz CT molecular complexity index is 378. The Hall–Kier alpha value is -0.750. The minimum Gasteiger partial charge on any atom is -0.468 e. The van der Waals surface area contributed by atoms with Crippen molar-refractivity contribution < 1.29 is 14.3 Å². The highest BCUT2D eigenvalue weighted by atomic mass is 35.5. The SMILES string of the molecule is COC(=O)C(COCc1ccccc1)NSCCCCl. The van der Waals surface area contributed by atoms with Gasteiger partial charge < -0.3 is 9.47 Å². The van der Waals surface area contributed by atoms with Crippen molar-refractivity contribution in [2.24, 2.45) is 0 Å². The van der Waals surface area contributed by atoms with Gasteiger partial charge in [-0.05, 0) is 12.0 Å². The molecule has 0 spiro atoms. The van der Waals surface area contributed by atoms with E-state index in [9.17, 15) is 4.79 Å². The first-order valence-electron chi connectivity index (χ1n) is 6.40. The first kappa shape index (κ1) is 17.3. The van der Waals surface area contributed by atoms with Gasteiger partial charge in [0.1, 0.15) is 6.04 Å². The zero-order chi connectivity index (χ0) is 14.6. The standard InChI is InChI=1S/C14H20ClNO3S/c1-18-14(17)13(16-20-9-5-8-15)11-19-10-12-6-3-2-4-7-12/h2-4,6-7,13,16H,5,8-11H2,1H3. The highest BCUT2D eigenvalue weighted by Gasteiger charge is 2.18. The molecule has 0 saturated heterocycles. The fourth-order valence-electron chi connectivity index (χ4n) is 1.45. The zero-order valence-corrected chi connectivity index (χ0v) is 13.1. The highest BCUT2D eigenvalue weighted by molar-refractivity contribution is 7.97. The van der Waals surface area contributed by atoms with E-state index in [1.165, 1.54) is 19.1 Å². The maximum atomic E-state index is 11.6. The molecule has 0 radical (unpaired) electrons. The number of carbonyl (C=O) groups excluding carboxylic acids is 1. The maximum Gasteiger partial charge on any atom is 0.326 e. The van der Waals surface area contributed by atoms with Gasteiger partial charge in [0.05, 0.1) is 20.3 Å². The van der Waals surface area contributed by atoms with Gasteiger partial charge >= 0.3 is 5.97 Å². The third kappa shape index (κ3) is 7.14. The molecule has 1 aromatic rings. The van der Waals surface area contributed by atoms with E-state index < -0.39 is 6.04 Å². The molecular formula is C14H20ClNO3S. The molecule has 0 aromatic heterocycles. The molecule has 0 aliphatic rings. The number of nitrogens with one attached hydrogen (secondary N) is 1. The Balaban J connectivity index is 2.31. The highest BCUT2D eigenvalue weighted by Crippen LogP contribution is 2.05. The summed E-state index contributed by atoms with van der Waals surface area (Å²) in [6.45, 7) is 0.748. The molecule has 0 saturated carbocycles. The summed E-state index contributed by atoms with van der Waals surface area (Å²) in [6, 6.07) is 9.36. The van der Waals surface area contributed by atoms with E-state index >= 15 is 0 Å². The number of halogens is 1. The fourth-order valence-corrected chi connectivity index (χ4v) is 2.51. The lowest BCUT2D eigenvalue weighted by molar-refractivity contribution is -0.144. The molecular weight excluding hydrogens is 298 g/mol. The molecule has 0 fully saturated rings. The molecule has 1 N–H and O–H groups in total. The number of hydrogen-bond donors (Lipinski definition) is 1. The summed E-state index contributed by atoms with van der Waals surface area (Å²) in [5.41, 5.74) is 1.07. The Labute approximate surface area is 129 Å². The molecule has 1 atom stereocenters. The number of alkyl halides is 1.